The molecule has 5 nitrogen and oxygen atoms in total. The summed E-state index contributed by atoms with van der Waals surface area (Å²) in [6.07, 6.45) is 1.28. The van der Waals surface area contributed by atoms with Crippen LogP contribution in [0.4, 0.5) is 5.69 Å². The molecule has 2 amide bonds. The molecule has 2 rings (SSSR count). The van der Waals surface area contributed by atoms with E-state index in [1.54, 1.807) is 12.3 Å². The molecule has 26 heavy (non-hydrogen) atoms. The Morgan fingerprint density at radius 3 is 2.27 bits per heavy atom. The van der Waals surface area contributed by atoms with Crippen LogP contribution in [0.3, 0.4) is 0 Å². The zero-order valence-corrected chi connectivity index (χ0v) is 15.7. The summed E-state index contributed by atoms with van der Waals surface area (Å²) in [7, 11) is 0. The van der Waals surface area contributed by atoms with Gasteiger partial charge in [0.25, 0.3) is 0 Å². The largest absolute Gasteiger partial charge is 0.325 e. The van der Waals surface area contributed by atoms with Crippen LogP contribution in [0, 0.1) is 6.92 Å². The second-order valence-corrected chi connectivity index (χ2v) is 7.21. The third kappa shape index (κ3) is 5.84. The van der Waals surface area contributed by atoms with Gasteiger partial charge in [-0.3, -0.25) is 9.59 Å². The van der Waals surface area contributed by atoms with Crippen molar-refractivity contribution in [1.29, 1.82) is 0 Å². The van der Waals surface area contributed by atoms with Crippen molar-refractivity contribution in [3.63, 3.8) is 0 Å². The number of hydrazone groups is 1. The summed E-state index contributed by atoms with van der Waals surface area (Å²) in [6, 6.07) is 15.4. The van der Waals surface area contributed by atoms with E-state index >= 15 is 0 Å². The van der Waals surface area contributed by atoms with E-state index in [-0.39, 0.29) is 17.7 Å². The number of amides is 2. The van der Waals surface area contributed by atoms with E-state index < -0.39 is 5.91 Å². The number of carbonyl (C=O) groups is 2. The smallest absolute Gasteiger partial charge is 0.249 e. The average molecular weight is 351 g/mol. The number of nitrogens with zero attached hydrogens (tertiary/aromatic N) is 1. The molecular weight excluding hydrogens is 326 g/mol. The molecule has 0 aliphatic rings. The zero-order valence-electron chi connectivity index (χ0n) is 15.7. The molecule has 0 heterocycles. The van der Waals surface area contributed by atoms with Gasteiger partial charge in [-0.1, -0.05) is 63.2 Å². The van der Waals surface area contributed by atoms with Crippen molar-refractivity contribution in [3.8, 4) is 0 Å². The third-order valence-corrected chi connectivity index (χ3v) is 3.92. The van der Waals surface area contributed by atoms with Crippen LogP contribution in [-0.2, 0) is 15.0 Å². The lowest BCUT2D eigenvalue weighted by atomic mass is 9.87. The number of para-hydroxylation sites is 1. The number of aryl methyl sites for hydroxylation is 1. The maximum atomic E-state index is 11.9. The minimum Gasteiger partial charge on any atom is -0.325 e. The Labute approximate surface area is 154 Å². The topological polar surface area (TPSA) is 70.6 Å². The Morgan fingerprint density at radius 1 is 1.00 bits per heavy atom. The number of rotatable bonds is 5. The molecule has 0 aliphatic heterocycles. The molecule has 5 heteroatoms. The SMILES string of the molecule is Cc1ccccc1NC(=O)CC(=O)NN=Cc1ccc(C(C)(C)C)cc1. The van der Waals surface area contributed by atoms with E-state index in [1.165, 1.54) is 5.56 Å². The molecule has 0 fully saturated rings. The lowest BCUT2D eigenvalue weighted by molar-refractivity contribution is -0.126. The van der Waals surface area contributed by atoms with Gasteiger partial charge in [-0.2, -0.15) is 5.10 Å². The molecule has 0 radical (unpaired) electrons. The molecule has 2 N–H and O–H groups in total. The van der Waals surface area contributed by atoms with Gasteiger partial charge in [-0.25, -0.2) is 5.43 Å². The molecule has 136 valence electrons. The molecule has 2 aromatic carbocycles. The maximum absolute atomic E-state index is 11.9. The number of anilines is 1. The van der Waals surface area contributed by atoms with E-state index in [1.807, 2.05) is 49.4 Å². The summed E-state index contributed by atoms with van der Waals surface area (Å²) in [5.74, 6) is -0.833. The third-order valence-electron chi connectivity index (χ3n) is 3.92. The van der Waals surface area contributed by atoms with Crippen LogP contribution in [0.15, 0.2) is 53.6 Å². The Hall–Kier alpha value is -2.95. The highest BCUT2D eigenvalue weighted by Gasteiger charge is 2.12. The fourth-order valence-corrected chi connectivity index (χ4v) is 2.34. The average Bonchev–Trinajstić information content (AvgIpc) is 2.56. The predicted molar refractivity (Wildman–Crippen MR) is 105 cm³/mol. The number of nitrogens with one attached hydrogen (secondary N) is 2. The minimum absolute atomic E-state index is 0.0916. The first-order valence-corrected chi connectivity index (χ1v) is 8.53. The van der Waals surface area contributed by atoms with Gasteiger partial charge in [0.2, 0.25) is 11.8 Å². The molecule has 0 aliphatic carbocycles. The molecule has 0 saturated carbocycles. The van der Waals surface area contributed by atoms with Crippen molar-refractivity contribution in [3.05, 3.63) is 65.2 Å². The molecule has 0 aromatic heterocycles. The minimum atomic E-state index is -0.460. The Kier molecular flexibility index (Phi) is 6.28. The number of hydrogen-bond donors (Lipinski definition) is 2. The van der Waals surface area contributed by atoms with Gasteiger partial charge in [0.1, 0.15) is 6.42 Å². The molecule has 0 unspecified atom stereocenters. The first kappa shape index (κ1) is 19.4. The highest BCUT2D eigenvalue weighted by atomic mass is 16.2. The van der Waals surface area contributed by atoms with E-state index in [4.69, 9.17) is 0 Å². The van der Waals surface area contributed by atoms with E-state index in [0.717, 1.165) is 11.1 Å². The van der Waals surface area contributed by atoms with Crippen LogP contribution in [0.25, 0.3) is 0 Å². The summed E-state index contributed by atoms with van der Waals surface area (Å²) >= 11 is 0. The normalized spacial score (nSPS) is 11.4. The van der Waals surface area contributed by atoms with Crippen LogP contribution in [-0.4, -0.2) is 18.0 Å². The van der Waals surface area contributed by atoms with Gasteiger partial charge in [0.05, 0.1) is 6.21 Å². The summed E-state index contributed by atoms with van der Waals surface area (Å²) in [4.78, 5) is 23.7. The fraction of sp³-hybridized carbons (Fsp3) is 0.286. The van der Waals surface area contributed by atoms with Crippen molar-refractivity contribution < 1.29 is 9.59 Å². The standard InChI is InChI=1S/C21H25N3O2/c1-15-7-5-6-8-18(15)23-19(25)13-20(26)24-22-14-16-9-11-17(12-10-16)21(2,3)4/h5-12,14H,13H2,1-4H3,(H,23,25)(H,24,26). The van der Waals surface area contributed by atoms with Crippen LogP contribution >= 0.6 is 0 Å². The van der Waals surface area contributed by atoms with Gasteiger partial charge in [-0.15, -0.1) is 0 Å². The van der Waals surface area contributed by atoms with Gasteiger partial charge < -0.3 is 5.32 Å². The summed E-state index contributed by atoms with van der Waals surface area (Å²) in [6.45, 7) is 8.35. The fourth-order valence-electron chi connectivity index (χ4n) is 2.34. The van der Waals surface area contributed by atoms with Crippen LogP contribution in [0.5, 0.6) is 0 Å². The van der Waals surface area contributed by atoms with Crippen molar-refractivity contribution in [1.82, 2.24) is 5.43 Å². The van der Waals surface area contributed by atoms with Crippen molar-refractivity contribution >= 4 is 23.7 Å². The first-order valence-electron chi connectivity index (χ1n) is 8.53. The second-order valence-electron chi connectivity index (χ2n) is 7.21. The molecule has 0 spiro atoms. The second kappa shape index (κ2) is 8.43. The Bertz CT molecular complexity index is 803. The quantitative estimate of drug-likeness (QED) is 0.489. The lowest BCUT2D eigenvalue weighted by Crippen LogP contribution is -2.24. The molecule has 2 aromatic rings. The molecular formula is C21H25N3O2. The highest BCUT2D eigenvalue weighted by Crippen LogP contribution is 2.21. The first-order chi connectivity index (χ1) is 12.3. The maximum Gasteiger partial charge on any atom is 0.249 e. The number of benzene rings is 2. The van der Waals surface area contributed by atoms with Crippen molar-refractivity contribution in [2.45, 2.75) is 39.5 Å². The van der Waals surface area contributed by atoms with E-state index in [9.17, 15) is 9.59 Å². The van der Waals surface area contributed by atoms with Crippen molar-refractivity contribution in [2.75, 3.05) is 5.32 Å². The summed E-state index contributed by atoms with van der Waals surface area (Å²) in [5, 5.41) is 6.62. The summed E-state index contributed by atoms with van der Waals surface area (Å²) < 4.78 is 0. The van der Waals surface area contributed by atoms with Crippen molar-refractivity contribution in [2.24, 2.45) is 5.10 Å². The van der Waals surface area contributed by atoms with E-state index in [2.05, 4.69) is 36.6 Å². The van der Waals surface area contributed by atoms with Gasteiger partial charge in [0, 0.05) is 5.69 Å². The molecule has 0 atom stereocenters. The van der Waals surface area contributed by atoms with Crippen LogP contribution in [0.2, 0.25) is 0 Å². The molecule has 0 bridgehead atoms. The zero-order chi connectivity index (χ0) is 19.2. The number of hydrogen-bond acceptors (Lipinski definition) is 3. The molecule has 0 saturated heterocycles. The van der Waals surface area contributed by atoms with Gasteiger partial charge in [-0.05, 0) is 35.1 Å². The van der Waals surface area contributed by atoms with Crippen LogP contribution < -0.4 is 10.7 Å². The Balaban J connectivity index is 1.83. The number of carbonyl (C=O) groups excluding carboxylic acids is 2. The Morgan fingerprint density at radius 2 is 1.65 bits per heavy atom. The lowest BCUT2D eigenvalue weighted by Gasteiger charge is -2.18. The highest BCUT2D eigenvalue weighted by molar-refractivity contribution is 6.04. The van der Waals surface area contributed by atoms with Gasteiger partial charge >= 0.3 is 0 Å². The summed E-state index contributed by atoms with van der Waals surface area (Å²) in [5.41, 5.74) is 6.22. The van der Waals surface area contributed by atoms with Crippen LogP contribution in [0.1, 0.15) is 43.9 Å². The van der Waals surface area contributed by atoms with Gasteiger partial charge in [0.15, 0.2) is 0 Å². The monoisotopic (exact) mass is 351 g/mol. The predicted octanol–water partition coefficient (Wildman–Crippen LogP) is 3.77. The van der Waals surface area contributed by atoms with E-state index in [0.29, 0.717) is 5.69 Å².